The van der Waals surface area contributed by atoms with Gasteiger partial charge >= 0.3 is 12.1 Å². The molecule has 7 heteroatoms. The van der Waals surface area contributed by atoms with Crippen LogP contribution in [0.4, 0.5) is 13.2 Å². The minimum atomic E-state index is -4.77. The van der Waals surface area contributed by atoms with Gasteiger partial charge in [-0.25, -0.2) is 4.79 Å². The van der Waals surface area contributed by atoms with Crippen molar-refractivity contribution in [2.45, 2.75) is 13.1 Å². The Morgan fingerprint density at radius 3 is 2.56 bits per heavy atom. The maximum Gasteiger partial charge on any atom is 0.417 e. The molecule has 1 rings (SSSR count). The average molecular weight is 278 g/mol. The van der Waals surface area contributed by atoms with E-state index in [1.165, 1.54) is 13.0 Å². The van der Waals surface area contributed by atoms with Crippen LogP contribution in [-0.2, 0) is 10.9 Å². The van der Waals surface area contributed by atoms with Crippen molar-refractivity contribution in [1.29, 1.82) is 5.26 Å². The molecule has 0 unspecified atom stereocenters. The summed E-state index contributed by atoms with van der Waals surface area (Å²) in [5.74, 6) is -0.922. The van der Waals surface area contributed by atoms with Gasteiger partial charge < -0.3 is 4.74 Å². The number of benzene rings is 1. The topological polar surface area (TPSA) is 50.1 Å². The lowest BCUT2D eigenvalue weighted by molar-refractivity contribution is -0.137. The highest BCUT2D eigenvalue weighted by atomic mass is 35.5. The van der Waals surface area contributed by atoms with Gasteiger partial charge in [-0.15, -0.1) is 0 Å². The Hall–Kier alpha value is -1.74. The minimum Gasteiger partial charge on any atom is -0.462 e. The number of alkyl halides is 3. The first-order chi connectivity index (χ1) is 8.31. The quantitative estimate of drug-likeness (QED) is 0.778. The smallest absolute Gasteiger partial charge is 0.417 e. The van der Waals surface area contributed by atoms with Crippen LogP contribution in [0.3, 0.4) is 0 Å². The molecule has 0 saturated heterocycles. The Bertz CT molecular complexity index is 520. The fourth-order valence-electron chi connectivity index (χ4n) is 1.28. The molecule has 0 aliphatic carbocycles. The number of ether oxygens (including phenoxy) is 1. The summed E-state index contributed by atoms with van der Waals surface area (Å²) >= 11 is 5.55. The lowest BCUT2D eigenvalue weighted by Crippen LogP contribution is -2.12. The normalized spacial score (nSPS) is 10.9. The van der Waals surface area contributed by atoms with E-state index in [0.717, 1.165) is 6.07 Å². The molecule has 0 bridgehead atoms. The maximum absolute atomic E-state index is 12.7. The zero-order chi connectivity index (χ0) is 13.9. The van der Waals surface area contributed by atoms with Gasteiger partial charge in [-0.1, -0.05) is 11.6 Å². The number of carbonyl (C=O) groups is 1. The number of nitrogens with zero attached hydrogens (tertiary/aromatic N) is 1. The van der Waals surface area contributed by atoms with Crippen LogP contribution in [0, 0.1) is 11.3 Å². The Morgan fingerprint density at radius 2 is 2.11 bits per heavy atom. The fraction of sp³-hybridized carbons (Fsp3) is 0.273. The molecule has 0 saturated carbocycles. The van der Waals surface area contributed by atoms with E-state index in [4.69, 9.17) is 16.9 Å². The zero-order valence-corrected chi connectivity index (χ0v) is 9.89. The molecule has 18 heavy (non-hydrogen) atoms. The molecule has 0 fully saturated rings. The zero-order valence-electron chi connectivity index (χ0n) is 9.14. The fourth-order valence-corrected chi connectivity index (χ4v) is 1.54. The standard InChI is InChI=1S/C11H7ClF3NO2/c1-2-18-10(17)6-3-8(11(13,14)15)7(5-16)9(12)4-6/h3-4H,2H2,1H3. The summed E-state index contributed by atoms with van der Waals surface area (Å²) in [5.41, 5.74) is -2.30. The van der Waals surface area contributed by atoms with E-state index in [-0.39, 0.29) is 12.2 Å². The second-order valence-electron chi connectivity index (χ2n) is 3.21. The van der Waals surface area contributed by atoms with Crippen LogP contribution in [0.2, 0.25) is 5.02 Å². The van der Waals surface area contributed by atoms with Crippen LogP contribution < -0.4 is 0 Å². The maximum atomic E-state index is 12.7. The Morgan fingerprint density at radius 1 is 1.50 bits per heavy atom. The van der Waals surface area contributed by atoms with Crippen LogP contribution in [0.25, 0.3) is 0 Å². The largest absolute Gasteiger partial charge is 0.462 e. The third-order valence-electron chi connectivity index (χ3n) is 2.02. The number of carbonyl (C=O) groups excluding carboxylic acids is 1. The summed E-state index contributed by atoms with van der Waals surface area (Å²) in [7, 11) is 0. The monoisotopic (exact) mass is 277 g/mol. The second-order valence-corrected chi connectivity index (χ2v) is 3.62. The molecule has 1 aromatic carbocycles. The van der Waals surface area contributed by atoms with Crippen LogP contribution in [0.5, 0.6) is 0 Å². The van der Waals surface area contributed by atoms with Gasteiger partial charge in [0, 0.05) is 0 Å². The molecule has 0 atom stereocenters. The molecule has 0 spiro atoms. The van der Waals surface area contributed by atoms with E-state index in [1.807, 2.05) is 0 Å². The molecule has 0 aromatic heterocycles. The van der Waals surface area contributed by atoms with E-state index in [0.29, 0.717) is 6.07 Å². The molecule has 0 amide bonds. The molecule has 1 aromatic rings. The first-order valence-corrected chi connectivity index (χ1v) is 5.17. The SMILES string of the molecule is CCOC(=O)c1cc(Cl)c(C#N)c(C(F)(F)F)c1. The number of hydrogen-bond donors (Lipinski definition) is 0. The van der Waals surface area contributed by atoms with Crippen LogP contribution in [-0.4, -0.2) is 12.6 Å². The molecule has 0 heterocycles. The van der Waals surface area contributed by atoms with Crippen molar-refractivity contribution in [3.63, 3.8) is 0 Å². The lowest BCUT2D eigenvalue weighted by Gasteiger charge is -2.11. The average Bonchev–Trinajstić information content (AvgIpc) is 2.27. The number of esters is 1. The summed E-state index contributed by atoms with van der Waals surface area (Å²) < 4.78 is 42.6. The van der Waals surface area contributed by atoms with Crippen molar-refractivity contribution in [3.8, 4) is 6.07 Å². The van der Waals surface area contributed by atoms with Crippen molar-refractivity contribution in [2.75, 3.05) is 6.61 Å². The summed E-state index contributed by atoms with van der Waals surface area (Å²) in [4.78, 5) is 11.3. The van der Waals surface area contributed by atoms with Crippen molar-refractivity contribution in [1.82, 2.24) is 0 Å². The number of rotatable bonds is 2. The van der Waals surface area contributed by atoms with Gasteiger partial charge in [0.25, 0.3) is 0 Å². The highest BCUT2D eigenvalue weighted by molar-refractivity contribution is 6.32. The molecule has 3 nitrogen and oxygen atoms in total. The van der Waals surface area contributed by atoms with Gasteiger partial charge in [-0.3, -0.25) is 0 Å². The third-order valence-corrected chi connectivity index (χ3v) is 2.32. The van der Waals surface area contributed by atoms with E-state index in [1.54, 1.807) is 0 Å². The van der Waals surface area contributed by atoms with Crippen LogP contribution in [0.1, 0.15) is 28.4 Å². The summed E-state index contributed by atoms with van der Waals surface area (Å²) in [6.07, 6.45) is -4.77. The van der Waals surface area contributed by atoms with Gasteiger partial charge in [-0.05, 0) is 19.1 Å². The van der Waals surface area contributed by atoms with E-state index in [2.05, 4.69) is 4.74 Å². The first kappa shape index (κ1) is 14.3. The van der Waals surface area contributed by atoms with E-state index >= 15 is 0 Å². The molecular weight excluding hydrogens is 271 g/mol. The van der Waals surface area contributed by atoms with Gasteiger partial charge in [0.1, 0.15) is 6.07 Å². The van der Waals surface area contributed by atoms with E-state index in [9.17, 15) is 18.0 Å². The molecule has 96 valence electrons. The summed E-state index contributed by atoms with van der Waals surface area (Å²) in [6.45, 7) is 1.55. The van der Waals surface area contributed by atoms with E-state index < -0.39 is 28.3 Å². The van der Waals surface area contributed by atoms with Gasteiger partial charge in [0.15, 0.2) is 0 Å². The van der Waals surface area contributed by atoms with Crippen molar-refractivity contribution in [2.24, 2.45) is 0 Å². The highest BCUT2D eigenvalue weighted by Gasteiger charge is 2.35. The minimum absolute atomic E-state index is 0.0256. The number of halogens is 4. The van der Waals surface area contributed by atoms with Crippen LogP contribution in [0.15, 0.2) is 12.1 Å². The molecule has 0 N–H and O–H groups in total. The molecule has 0 radical (unpaired) electrons. The highest BCUT2D eigenvalue weighted by Crippen LogP contribution is 2.35. The Kier molecular flexibility index (Phi) is 4.19. The molecular formula is C11H7ClF3NO2. The van der Waals surface area contributed by atoms with Gasteiger partial charge in [0.2, 0.25) is 0 Å². The predicted molar refractivity (Wildman–Crippen MR) is 57.1 cm³/mol. The van der Waals surface area contributed by atoms with Crippen LogP contribution >= 0.6 is 11.6 Å². The number of nitriles is 1. The Labute approximate surface area is 106 Å². The summed E-state index contributed by atoms with van der Waals surface area (Å²) in [5, 5.41) is 8.21. The molecule has 0 aliphatic heterocycles. The third kappa shape index (κ3) is 2.93. The first-order valence-electron chi connectivity index (χ1n) is 4.79. The lowest BCUT2D eigenvalue weighted by atomic mass is 10.0. The van der Waals surface area contributed by atoms with Crippen molar-refractivity contribution in [3.05, 3.63) is 33.8 Å². The van der Waals surface area contributed by atoms with Gasteiger partial charge in [0.05, 0.1) is 28.3 Å². The second kappa shape index (κ2) is 5.27. The van der Waals surface area contributed by atoms with Crippen molar-refractivity contribution < 1.29 is 22.7 Å². The van der Waals surface area contributed by atoms with Gasteiger partial charge in [-0.2, -0.15) is 18.4 Å². The summed E-state index contributed by atoms with van der Waals surface area (Å²) in [6, 6.07) is 2.90. The predicted octanol–water partition coefficient (Wildman–Crippen LogP) is 3.41. The Balaban J connectivity index is 3.41. The molecule has 0 aliphatic rings. The van der Waals surface area contributed by atoms with Crippen molar-refractivity contribution >= 4 is 17.6 Å². The number of hydrogen-bond acceptors (Lipinski definition) is 3.